The van der Waals surface area contributed by atoms with Gasteiger partial charge in [-0.3, -0.25) is 9.36 Å². The van der Waals surface area contributed by atoms with Crippen molar-refractivity contribution in [1.82, 2.24) is 9.55 Å². The van der Waals surface area contributed by atoms with Crippen LogP contribution in [-0.2, 0) is 4.79 Å². The number of hydrogen-bond acceptors (Lipinski definition) is 4. The van der Waals surface area contributed by atoms with Crippen molar-refractivity contribution >= 4 is 11.6 Å². The van der Waals surface area contributed by atoms with Crippen LogP contribution in [0, 0.1) is 13.8 Å². The van der Waals surface area contributed by atoms with Gasteiger partial charge in [-0.25, -0.2) is 4.79 Å². The van der Waals surface area contributed by atoms with E-state index in [9.17, 15) is 9.59 Å². The van der Waals surface area contributed by atoms with E-state index < -0.39 is 11.7 Å². The first-order valence-electron chi connectivity index (χ1n) is 7.53. The number of hydrogen-bond donors (Lipinski definition) is 1. The molecule has 1 heterocycles. The van der Waals surface area contributed by atoms with Gasteiger partial charge in [-0.2, -0.15) is 4.98 Å². The molecule has 1 aromatic carbocycles. The molecule has 23 heavy (non-hydrogen) atoms. The molecule has 0 aliphatic heterocycles. The number of benzene rings is 1. The van der Waals surface area contributed by atoms with Crippen LogP contribution >= 0.6 is 0 Å². The standard InChI is InChI=1S/C17H21N3O3/c1-5-23-15-8-6-14(7-9-15)19-16(21)13(4)20-12(3)10-11(2)18-17(20)22/h6-10,13H,5H2,1-4H3,(H,19,21). The second-order valence-electron chi connectivity index (χ2n) is 5.31. The van der Waals surface area contributed by atoms with E-state index in [-0.39, 0.29) is 5.91 Å². The number of nitrogens with one attached hydrogen (secondary N) is 1. The molecular weight excluding hydrogens is 294 g/mol. The molecule has 1 unspecified atom stereocenters. The predicted octanol–water partition coefficient (Wildman–Crippen LogP) is 2.46. The van der Waals surface area contributed by atoms with Crippen LogP contribution in [0.15, 0.2) is 35.1 Å². The Morgan fingerprint density at radius 2 is 1.96 bits per heavy atom. The van der Waals surface area contributed by atoms with Gasteiger partial charge in [0.1, 0.15) is 11.8 Å². The molecule has 1 aromatic heterocycles. The van der Waals surface area contributed by atoms with Crippen molar-refractivity contribution < 1.29 is 9.53 Å². The Balaban J connectivity index is 2.16. The van der Waals surface area contributed by atoms with Gasteiger partial charge in [0.15, 0.2) is 0 Å². The number of carbonyl (C=O) groups excluding carboxylic acids is 1. The van der Waals surface area contributed by atoms with E-state index >= 15 is 0 Å². The Hall–Kier alpha value is -2.63. The van der Waals surface area contributed by atoms with Gasteiger partial charge in [0, 0.05) is 17.1 Å². The fourth-order valence-corrected chi connectivity index (χ4v) is 2.40. The lowest BCUT2D eigenvalue weighted by Gasteiger charge is -2.17. The Kier molecular flexibility index (Phi) is 5.16. The number of ether oxygens (including phenoxy) is 1. The summed E-state index contributed by atoms with van der Waals surface area (Å²) in [5.74, 6) is 0.471. The van der Waals surface area contributed by atoms with E-state index in [1.165, 1.54) is 4.57 Å². The summed E-state index contributed by atoms with van der Waals surface area (Å²) < 4.78 is 6.74. The summed E-state index contributed by atoms with van der Waals surface area (Å²) in [5.41, 5.74) is 1.58. The highest BCUT2D eigenvalue weighted by atomic mass is 16.5. The average molecular weight is 315 g/mol. The van der Waals surface area contributed by atoms with Gasteiger partial charge in [0.2, 0.25) is 5.91 Å². The minimum absolute atomic E-state index is 0.273. The first-order chi connectivity index (χ1) is 10.9. The predicted molar refractivity (Wildman–Crippen MR) is 88.9 cm³/mol. The zero-order valence-corrected chi connectivity index (χ0v) is 13.8. The summed E-state index contributed by atoms with van der Waals surface area (Å²) >= 11 is 0. The lowest BCUT2D eigenvalue weighted by Crippen LogP contribution is -2.34. The molecule has 2 rings (SSSR count). The van der Waals surface area contributed by atoms with Gasteiger partial charge in [0.05, 0.1) is 6.61 Å². The van der Waals surface area contributed by atoms with E-state index in [2.05, 4.69) is 10.3 Å². The third kappa shape index (κ3) is 3.97. The third-order valence-corrected chi connectivity index (χ3v) is 3.48. The molecule has 1 atom stereocenters. The van der Waals surface area contributed by atoms with Gasteiger partial charge >= 0.3 is 5.69 Å². The highest BCUT2D eigenvalue weighted by Gasteiger charge is 2.18. The van der Waals surface area contributed by atoms with E-state index in [1.54, 1.807) is 51.1 Å². The van der Waals surface area contributed by atoms with E-state index in [1.807, 2.05) is 6.92 Å². The molecule has 0 radical (unpaired) electrons. The molecule has 0 fully saturated rings. The molecule has 6 heteroatoms. The fraction of sp³-hybridized carbons (Fsp3) is 0.353. The molecule has 122 valence electrons. The van der Waals surface area contributed by atoms with Crippen LogP contribution in [-0.4, -0.2) is 22.1 Å². The summed E-state index contributed by atoms with van der Waals surface area (Å²) in [6.07, 6.45) is 0. The van der Waals surface area contributed by atoms with Gasteiger partial charge in [-0.15, -0.1) is 0 Å². The topological polar surface area (TPSA) is 73.2 Å². The summed E-state index contributed by atoms with van der Waals surface area (Å²) in [4.78, 5) is 28.3. The summed E-state index contributed by atoms with van der Waals surface area (Å²) in [6.45, 7) is 7.72. The number of carbonyl (C=O) groups is 1. The molecule has 1 amide bonds. The number of anilines is 1. The molecule has 2 aromatic rings. The van der Waals surface area contributed by atoms with Crippen molar-refractivity contribution in [3.63, 3.8) is 0 Å². The molecule has 0 saturated carbocycles. The summed E-state index contributed by atoms with van der Waals surface area (Å²) in [7, 11) is 0. The van der Waals surface area contributed by atoms with Crippen molar-refractivity contribution in [2.45, 2.75) is 33.7 Å². The third-order valence-electron chi connectivity index (χ3n) is 3.48. The van der Waals surface area contributed by atoms with Gasteiger partial charge in [-0.1, -0.05) is 0 Å². The van der Waals surface area contributed by atoms with Crippen molar-refractivity contribution in [2.24, 2.45) is 0 Å². The summed E-state index contributed by atoms with van der Waals surface area (Å²) in [6, 6.07) is 8.23. The molecular formula is C17H21N3O3. The van der Waals surface area contributed by atoms with Gasteiger partial charge in [-0.05, 0) is 58.0 Å². The Labute approximate surface area is 135 Å². The molecule has 0 spiro atoms. The van der Waals surface area contributed by atoms with Gasteiger partial charge < -0.3 is 10.1 Å². The number of amides is 1. The zero-order valence-electron chi connectivity index (χ0n) is 13.8. The highest BCUT2D eigenvalue weighted by molar-refractivity contribution is 5.93. The normalized spacial score (nSPS) is 11.8. The van der Waals surface area contributed by atoms with E-state index in [0.717, 1.165) is 5.75 Å². The Morgan fingerprint density at radius 3 is 2.52 bits per heavy atom. The van der Waals surface area contributed by atoms with Crippen LogP contribution in [0.25, 0.3) is 0 Å². The zero-order chi connectivity index (χ0) is 17.0. The largest absolute Gasteiger partial charge is 0.494 e. The maximum Gasteiger partial charge on any atom is 0.348 e. The van der Waals surface area contributed by atoms with Crippen LogP contribution in [0.3, 0.4) is 0 Å². The molecule has 1 N–H and O–H groups in total. The molecule has 0 aliphatic rings. The smallest absolute Gasteiger partial charge is 0.348 e. The van der Waals surface area contributed by atoms with E-state index in [4.69, 9.17) is 4.74 Å². The number of aromatic nitrogens is 2. The van der Waals surface area contributed by atoms with Crippen molar-refractivity contribution in [3.05, 3.63) is 52.2 Å². The molecule has 0 aliphatic carbocycles. The average Bonchev–Trinajstić information content (AvgIpc) is 2.48. The maximum atomic E-state index is 12.4. The number of nitrogens with zero attached hydrogens (tertiary/aromatic N) is 2. The minimum Gasteiger partial charge on any atom is -0.494 e. The minimum atomic E-state index is -0.651. The maximum absolute atomic E-state index is 12.4. The first kappa shape index (κ1) is 16.7. The Bertz CT molecular complexity index is 751. The van der Waals surface area contributed by atoms with Crippen molar-refractivity contribution in [3.8, 4) is 5.75 Å². The van der Waals surface area contributed by atoms with Crippen LogP contribution < -0.4 is 15.7 Å². The molecule has 0 saturated heterocycles. The number of aryl methyl sites for hydroxylation is 2. The Morgan fingerprint density at radius 1 is 1.30 bits per heavy atom. The van der Waals surface area contributed by atoms with Crippen molar-refractivity contribution in [1.29, 1.82) is 0 Å². The fourth-order valence-electron chi connectivity index (χ4n) is 2.40. The van der Waals surface area contributed by atoms with Crippen LogP contribution in [0.5, 0.6) is 5.75 Å². The highest BCUT2D eigenvalue weighted by Crippen LogP contribution is 2.17. The van der Waals surface area contributed by atoms with E-state index in [0.29, 0.717) is 23.7 Å². The SMILES string of the molecule is CCOc1ccc(NC(=O)C(C)n2c(C)cc(C)nc2=O)cc1. The van der Waals surface area contributed by atoms with Crippen LogP contribution in [0.1, 0.15) is 31.3 Å². The van der Waals surface area contributed by atoms with Crippen LogP contribution in [0.2, 0.25) is 0 Å². The quantitative estimate of drug-likeness (QED) is 0.920. The second kappa shape index (κ2) is 7.09. The first-order valence-corrected chi connectivity index (χ1v) is 7.53. The number of rotatable bonds is 5. The van der Waals surface area contributed by atoms with Crippen LogP contribution in [0.4, 0.5) is 5.69 Å². The monoisotopic (exact) mass is 315 g/mol. The molecule has 6 nitrogen and oxygen atoms in total. The van der Waals surface area contributed by atoms with Crippen molar-refractivity contribution in [2.75, 3.05) is 11.9 Å². The lowest BCUT2D eigenvalue weighted by molar-refractivity contribution is -0.118. The van der Waals surface area contributed by atoms with Gasteiger partial charge in [0.25, 0.3) is 0 Å². The molecule has 0 bridgehead atoms. The lowest BCUT2D eigenvalue weighted by atomic mass is 10.2. The second-order valence-corrected chi connectivity index (χ2v) is 5.31. The summed E-state index contributed by atoms with van der Waals surface area (Å²) in [5, 5.41) is 2.80.